The highest BCUT2D eigenvalue weighted by molar-refractivity contribution is 5.92. The lowest BCUT2D eigenvalue weighted by atomic mass is 9.81. The quantitative estimate of drug-likeness (QED) is 0.895. The summed E-state index contributed by atoms with van der Waals surface area (Å²) < 4.78 is 0. The third-order valence-corrected chi connectivity index (χ3v) is 5.24. The fraction of sp³-hybridized carbons (Fsp3) is 0.556. The molecular formula is C18H24N2O3. The van der Waals surface area contributed by atoms with Crippen LogP contribution in [0.1, 0.15) is 30.4 Å². The first-order chi connectivity index (χ1) is 10.9. The fourth-order valence-electron chi connectivity index (χ4n) is 4.31. The summed E-state index contributed by atoms with van der Waals surface area (Å²) in [5.41, 5.74) is 2.40. The lowest BCUT2D eigenvalue weighted by Crippen LogP contribution is -2.37. The van der Waals surface area contributed by atoms with Gasteiger partial charge in [-0.25, -0.2) is 0 Å². The molecule has 0 aromatic heterocycles. The number of carbonyl (C=O) groups is 2. The summed E-state index contributed by atoms with van der Waals surface area (Å²) in [7, 11) is 0. The van der Waals surface area contributed by atoms with E-state index in [1.165, 1.54) is 0 Å². The minimum Gasteiger partial charge on any atom is -0.481 e. The normalized spacial score (nSPS) is 27.0. The molecule has 1 aromatic carbocycles. The van der Waals surface area contributed by atoms with E-state index in [1.807, 2.05) is 30.9 Å². The zero-order chi connectivity index (χ0) is 16.6. The molecule has 1 saturated heterocycles. The molecule has 0 unspecified atom stereocenters. The van der Waals surface area contributed by atoms with Crippen LogP contribution in [0, 0.1) is 25.2 Å². The van der Waals surface area contributed by atoms with Crippen molar-refractivity contribution in [3.8, 4) is 0 Å². The maximum absolute atomic E-state index is 12.3. The number of fused-ring (bicyclic) bond motifs is 1. The summed E-state index contributed by atoms with van der Waals surface area (Å²) in [5, 5.41) is 12.5. The summed E-state index contributed by atoms with van der Waals surface area (Å²) in [6, 6.07) is 5.96. The van der Waals surface area contributed by atoms with Crippen LogP contribution in [0.25, 0.3) is 0 Å². The number of amides is 1. The second-order valence-electron chi connectivity index (χ2n) is 7.14. The van der Waals surface area contributed by atoms with Crippen LogP contribution in [-0.4, -0.2) is 41.5 Å². The van der Waals surface area contributed by atoms with E-state index in [4.69, 9.17) is 0 Å². The molecule has 1 aliphatic heterocycles. The molecule has 3 rings (SSSR count). The summed E-state index contributed by atoms with van der Waals surface area (Å²) in [6.07, 6.45) is 2.68. The zero-order valence-electron chi connectivity index (χ0n) is 13.8. The maximum atomic E-state index is 12.3. The van der Waals surface area contributed by atoms with Gasteiger partial charge in [0.2, 0.25) is 5.91 Å². The number of hydrogen-bond acceptors (Lipinski definition) is 3. The number of carbonyl (C=O) groups excluding carboxylic acids is 1. The van der Waals surface area contributed by atoms with E-state index < -0.39 is 11.4 Å². The van der Waals surface area contributed by atoms with Crippen LogP contribution in [0.5, 0.6) is 0 Å². The number of aliphatic carboxylic acids is 1. The molecule has 0 spiro atoms. The zero-order valence-corrected chi connectivity index (χ0v) is 13.8. The molecule has 1 saturated carbocycles. The molecule has 23 heavy (non-hydrogen) atoms. The van der Waals surface area contributed by atoms with Gasteiger partial charge in [-0.1, -0.05) is 12.5 Å². The average Bonchev–Trinajstić information content (AvgIpc) is 2.94. The van der Waals surface area contributed by atoms with E-state index in [0.717, 1.165) is 36.1 Å². The predicted octanol–water partition coefficient (Wildman–Crippen LogP) is 2.43. The Morgan fingerprint density at radius 3 is 2.61 bits per heavy atom. The van der Waals surface area contributed by atoms with Gasteiger partial charge >= 0.3 is 5.97 Å². The van der Waals surface area contributed by atoms with Crippen molar-refractivity contribution < 1.29 is 14.7 Å². The third kappa shape index (κ3) is 3.11. The number of benzene rings is 1. The van der Waals surface area contributed by atoms with Crippen molar-refractivity contribution in [2.75, 3.05) is 25.0 Å². The van der Waals surface area contributed by atoms with Crippen molar-refractivity contribution in [2.24, 2.45) is 11.3 Å². The van der Waals surface area contributed by atoms with Crippen LogP contribution in [0.4, 0.5) is 5.69 Å². The molecule has 0 bridgehead atoms. The van der Waals surface area contributed by atoms with Gasteiger partial charge in [0.1, 0.15) is 0 Å². The minimum absolute atomic E-state index is 0.0736. The minimum atomic E-state index is -0.697. The first kappa shape index (κ1) is 16.0. The number of nitrogens with zero attached hydrogens (tertiary/aromatic N) is 1. The van der Waals surface area contributed by atoms with Gasteiger partial charge in [0, 0.05) is 18.8 Å². The average molecular weight is 316 g/mol. The Labute approximate surface area is 136 Å². The van der Waals surface area contributed by atoms with Gasteiger partial charge in [-0.2, -0.15) is 0 Å². The lowest BCUT2D eigenvalue weighted by molar-refractivity contribution is -0.149. The molecule has 1 aliphatic carbocycles. The van der Waals surface area contributed by atoms with E-state index in [0.29, 0.717) is 13.1 Å². The van der Waals surface area contributed by atoms with Gasteiger partial charge in [0.15, 0.2) is 0 Å². The summed E-state index contributed by atoms with van der Waals surface area (Å²) in [5.74, 6) is -0.582. The van der Waals surface area contributed by atoms with Crippen molar-refractivity contribution in [1.82, 2.24) is 4.90 Å². The van der Waals surface area contributed by atoms with E-state index >= 15 is 0 Å². The number of aryl methyl sites for hydroxylation is 2. The Hall–Kier alpha value is -1.88. The third-order valence-electron chi connectivity index (χ3n) is 5.24. The van der Waals surface area contributed by atoms with Crippen LogP contribution >= 0.6 is 0 Å². The number of carboxylic acid groups (broad SMARTS) is 1. The number of nitrogens with one attached hydrogen (secondary N) is 1. The van der Waals surface area contributed by atoms with Crippen molar-refractivity contribution in [1.29, 1.82) is 0 Å². The van der Waals surface area contributed by atoms with Gasteiger partial charge in [-0.3, -0.25) is 14.5 Å². The van der Waals surface area contributed by atoms with Crippen LogP contribution in [0.15, 0.2) is 18.2 Å². The first-order valence-electron chi connectivity index (χ1n) is 8.23. The van der Waals surface area contributed by atoms with Gasteiger partial charge in [-0.15, -0.1) is 0 Å². The van der Waals surface area contributed by atoms with Crippen molar-refractivity contribution in [3.63, 3.8) is 0 Å². The number of hydrogen-bond donors (Lipinski definition) is 2. The van der Waals surface area contributed by atoms with E-state index in [9.17, 15) is 14.7 Å². The van der Waals surface area contributed by atoms with E-state index in [1.54, 1.807) is 0 Å². The van der Waals surface area contributed by atoms with Crippen LogP contribution in [0.3, 0.4) is 0 Å². The van der Waals surface area contributed by atoms with Gasteiger partial charge in [0.25, 0.3) is 0 Å². The van der Waals surface area contributed by atoms with Crippen molar-refractivity contribution >= 4 is 17.6 Å². The topological polar surface area (TPSA) is 69.6 Å². The number of likely N-dealkylation sites (tertiary alicyclic amines) is 1. The van der Waals surface area contributed by atoms with Crippen LogP contribution in [0.2, 0.25) is 0 Å². The van der Waals surface area contributed by atoms with Gasteiger partial charge < -0.3 is 10.4 Å². The van der Waals surface area contributed by atoms with Crippen molar-refractivity contribution in [2.45, 2.75) is 33.1 Å². The molecular weight excluding hydrogens is 292 g/mol. The molecule has 2 aliphatic rings. The number of carboxylic acids is 1. The van der Waals surface area contributed by atoms with Crippen molar-refractivity contribution in [3.05, 3.63) is 29.3 Å². The number of anilines is 1. The van der Waals surface area contributed by atoms with Gasteiger partial charge in [0.05, 0.1) is 12.0 Å². The highest BCUT2D eigenvalue weighted by Gasteiger charge is 2.54. The molecule has 2 N–H and O–H groups in total. The monoisotopic (exact) mass is 316 g/mol. The molecule has 1 aromatic rings. The Kier molecular flexibility index (Phi) is 4.15. The molecule has 5 nitrogen and oxygen atoms in total. The maximum Gasteiger partial charge on any atom is 0.311 e. The molecule has 1 amide bonds. The molecule has 2 atom stereocenters. The fourth-order valence-corrected chi connectivity index (χ4v) is 4.31. The predicted molar refractivity (Wildman–Crippen MR) is 88.4 cm³/mol. The largest absolute Gasteiger partial charge is 0.481 e. The number of rotatable bonds is 4. The molecule has 0 radical (unpaired) electrons. The first-order valence-corrected chi connectivity index (χ1v) is 8.23. The summed E-state index contributed by atoms with van der Waals surface area (Å²) in [4.78, 5) is 26.0. The molecule has 5 heteroatoms. The second-order valence-corrected chi connectivity index (χ2v) is 7.14. The summed E-state index contributed by atoms with van der Waals surface area (Å²) >= 11 is 0. The standard InChI is InChI=1S/C18H24N2O3/c1-12-6-13(2)8-15(7-12)19-16(21)10-20-9-14-4-3-5-18(14,11-20)17(22)23/h6-8,14H,3-5,9-11H2,1-2H3,(H,19,21)(H,22,23)/t14-,18+/m0/s1. The SMILES string of the molecule is Cc1cc(C)cc(NC(=O)CN2C[C@@H]3CCC[C@@]3(C(=O)O)C2)c1. The van der Waals surface area contributed by atoms with Gasteiger partial charge in [-0.05, 0) is 55.9 Å². The second kappa shape index (κ2) is 5.96. The van der Waals surface area contributed by atoms with Crippen LogP contribution < -0.4 is 5.32 Å². The van der Waals surface area contributed by atoms with E-state index in [-0.39, 0.29) is 18.4 Å². The Morgan fingerprint density at radius 1 is 1.30 bits per heavy atom. The highest BCUT2D eigenvalue weighted by atomic mass is 16.4. The Balaban J connectivity index is 1.62. The van der Waals surface area contributed by atoms with Crippen LogP contribution in [-0.2, 0) is 9.59 Å². The molecule has 2 fully saturated rings. The molecule has 124 valence electrons. The smallest absolute Gasteiger partial charge is 0.311 e. The lowest BCUT2D eigenvalue weighted by Gasteiger charge is -2.23. The van der Waals surface area contributed by atoms with E-state index in [2.05, 4.69) is 11.4 Å². The summed E-state index contributed by atoms with van der Waals surface area (Å²) in [6.45, 7) is 5.47. The Morgan fingerprint density at radius 2 is 2.00 bits per heavy atom. The molecule has 1 heterocycles. The Bertz CT molecular complexity index is 623. The highest BCUT2D eigenvalue weighted by Crippen LogP contribution is 2.48.